The van der Waals surface area contributed by atoms with E-state index in [2.05, 4.69) is 21.4 Å². The van der Waals surface area contributed by atoms with Crippen molar-refractivity contribution in [1.82, 2.24) is 14.9 Å². The van der Waals surface area contributed by atoms with Gasteiger partial charge in [0.05, 0.1) is 12.3 Å². The van der Waals surface area contributed by atoms with E-state index in [1.165, 1.54) is 18.2 Å². The molecule has 0 spiro atoms. The van der Waals surface area contributed by atoms with Gasteiger partial charge >= 0.3 is 0 Å². The first-order valence-corrected chi connectivity index (χ1v) is 13.2. The minimum atomic E-state index is -0.397. The van der Waals surface area contributed by atoms with E-state index in [4.69, 9.17) is 19.5 Å². The van der Waals surface area contributed by atoms with Crippen LogP contribution in [0.2, 0.25) is 0 Å². The Hall–Kier alpha value is -4.08. The highest BCUT2D eigenvalue weighted by Gasteiger charge is 2.34. The Morgan fingerprint density at radius 2 is 1.95 bits per heavy atom. The van der Waals surface area contributed by atoms with Gasteiger partial charge in [-0.05, 0) is 37.3 Å². The molecule has 1 aliphatic carbocycles. The molecule has 40 heavy (non-hydrogen) atoms. The van der Waals surface area contributed by atoms with Crippen LogP contribution in [-0.4, -0.2) is 86.1 Å². The number of hydrogen-bond donors (Lipinski definition) is 1. The van der Waals surface area contributed by atoms with Crippen molar-refractivity contribution in [3.8, 4) is 11.8 Å². The van der Waals surface area contributed by atoms with E-state index in [9.17, 15) is 14.4 Å². The molecule has 2 fully saturated rings. The van der Waals surface area contributed by atoms with Crippen molar-refractivity contribution in [1.29, 1.82) is 5.26 Å². The van der Waals surface area contributed by atoms with E-state index < -0.39 is 6.10 Å². The standard InChI is InChI=1S/C16H19N3O4.C12H15N3O2/c1-23-14-4-6-18(16(14)22)8-12-7-11-3-2-5-19(10-21)15(11)17-13(12)9-20;1-14-12-5-11(8(6-13)7-15-12)17-10-4-3-9(10)16-2/h7,9-10,14H,2-6,8H2,1H3;5,7,9-10H,3-4H2,1-2H3,(H,14,15). The van der Waals surface area contributed by atoms with E-state index in [1.807, 2.05) is 6.07 Å². The van der Waals surface area contributed by atoms with Crippen molar-refractivity contribution in [2.75, 3.05) is 44.6 Å². The fourth-order valence-electron chi connectivity index (χ4n) is 4.97. The highest BCUT2D eigenvalue weighted by Crippen LogP contribution is 2.31. The van der Waals surface area contributed by atoms with Crippen LogP contribution in [0.25, 0.3) is 0 Å². The molecule has 1 N–H and O–H groups in total. The van der Waals surface area contributed by atoms with Gasteiger partial charge < -0.3 is 24.4 Å². The van der Waals surface area contributed by atoms with Gasteiger partial charge in [-0.25, -0.2) is 9.97 Å². The SMILES string of the molecule is CNc1cc(OC2CCC2OC)c(C#N)cn1.COC1CCN(Cc2cc3c(nc2C=O)N(C=O)CCC3)C1=O. The number of nitrogens with zero attached hydrogens (tertiary/aromatic N) is 5. The molecule has 0 bridgehead atoms. The van der Waals surface area contributed by atoms with Crippen molar-refractivity contribution in [2.45, 2.75) is 57.0 Å². The third-order valence-corrected chi connectivity index (χ3v) is 7.42. The summed E-state index contributed by atoms with van der Waals surface area (Å²) in [6.07, 6.45) is 7.01. The smallest absolute Gasteiger partial charge is 0.252 e. The van der Waals surface area contributed by atoms with Gasteiger partial charge in [-0.15, -0.1) is 0 Å². The summed E-state index contributed by atoms with van der Waals surface area (Å²) in [7, 11) is 4.98. The summed E-state index contributed by atoms with van der Waals surface area (Å²) in [6.45, 7) is 1.56. The number of anilines is 2. The van der Waals surface area contributed by atoms with E-state index in [0.717, 1.165) is 43.2 Å². The fraction of sp³-hybridized carbons (Fsp3) is 0.500. The first kappa shape index (κ1) is 28.9. The maximum atomic E-state index is 12.2. The highest BCUT2D eigenvalue weighted by atomic mass is 16.5. The normalized spacial score (nSPS) is 21.4. The molecular formula is C28H34N6O6. The first-order valence-electron chi connectivity index (χ1n) is 13.2. The largest absolute Gasteiger partial charge is 0.486 e. The number of carbonyl (C=O) groups is 3. The summed E-state index contributed by atoms with van der Waals surface area (Å²) in [5.41, 5.74) is 2.40. The molecule has 0 radical (unpaired) electrons. The molecule has 2 amide bonds. The zero-order valence-electron chi connectivity index (χ0n) is 23.0. The number of likely N-dealkylation sites (tertiary alicyclic amines) is 1. The molecule has 4 heterocycles. The van der Waals surface area contributed by atoms with Gasteiger partial charge in [0, 0.05) is 59.0 Å². The molecule has 1 saturated heterocycles. The molecule has 12 heteroatoms. The number of rotatable bonds is 9. The quantitative estimate of drug-likeness (QED) is 0.460. The number of pyridine rings is 2. The predicted octanol–water partition coefficient (Wildman–Crippen LogP) is 2.10. The Morgan fingerprint density at radius 3 is 2.55 bits per heavy atom. The molecule has 2 aliphatic heterocycles. The maximum Gasteiger partial charge on any atom is 0.252 e. The summed E-state index contributed by atoms with van der Waals surface area (Å²) in [5.74, 6) is 1.75. The van der Waals surface area contributed by atoms with Crippen LogP contribution in [-0.2, 0) is 32.0 Å². The van der Waals surface area contributed by atoms with E-state index in [1.54, 1.807) is 25.1 Å². The van der Waals surface area contributed by atoms with Gasteiger partial charge in [-0.3, -0.25) is 19.3 Å². The number of methoxy groups -OCH3 is 2. The lowest BCUT2D eigenvalue weighted by molar-refractivity contribution is -0.136. The minimum Gasteiger partial charge on any atom is -0.486 e. The zero-order valence-corrected chi connectivity index (χ0v) is 23.0. The second-order valence-corrected chi connectivity index (χ2v) is 9.74. The summed E-state index contributed by atoms with van der Waals surface area (Å²) in [5, 5.41) is 11.9. The minimum absolute atomic E-state index is 0.0409. The zero-order chi connectivity index (χ0) is 28.6. The molecule has 3 unspecified atom stereocenters. The fourth-order valence-corrected chi connectivity index (χ4v) is 4.97. The second kappa shape index (κ2) is 13.3. The van der Waals surface area contributed by atoms with Gasteiger partial charge in [0.2, 0.25) is 6.41 Å². The molecular weight excluding hydrogens is 516 g/mol. The van der Waals surface area contributed by atoms with Crippen LogP contribution in [0.5, 0.6) is 5.75 Å². The number of nitriles is 1. The second-order valence-electron chi connectivity index (χ2n) is 9.74. The Labute approximate surface area is 233 Å². The summed E-state index contributed by atoms with van der Waals surface area (Å²) < 4.78 is 16.2. The summed E-state index contributed by atoms with van der Waals surface area (Å²) in [4.78, 5) is 46.3. The van der Waals surface area contributed by atoms with Crippen LogP contribution in [0, 0.1) is 11.3 Å². The molecule has 2 aromatic rings. The number of fused-ring (bicyclic) bond motifs is 1. The lowest BCUT2D eigenvalue weighted by Crippen LogP contribution is -2.42. The Balaban J connectivity index is 0.000000194. The first-order chi connectivity index (χ1) is 19.5. The van der Waals surface area contributed by atoms with E-state index in [0.29, 0.717) is 55.3 Å². The van der Waals surface area contributed by atoms with Crippen molar-refractivity contribution in [3.05, 3.63) is 40.7 Å². The maximum absolute atomic E-state index is 12.2. The number of aryl methyl sites for hydroxylation is 1. The van der Waals surface area contributed by atoms with Crippen LogP contribution < -0.4 is 15.0 Å². The lowest BCUT2D eigenvalue weighted by atomic mass is 9.92. The van der Waals surface area contributed by atoms with Crippen LogP contribution in [0.1, 0.15) is 52.9 Å². The molecule has 3 aliphatic rings. The predicted molar refractivity (Wildman–Crippen MR) is 145 cm³/mol. The highest BCUT2D eigenvalue weighted by molar-refractivity contribution is 5.84. The third kappa shape index (κ3) is 6.21. The van der Waals surface area contributed by atoms with Crippen LogP contribution in [0.15, 0.2) is 18.3 Å². The average Bonchev–Trinajstić information content (AvgIpc) is 3.33. The van der Waals surface area contributed by atoms with Crippen molar-refractivity contribution in [3.63, 3.8) is 0 Å². The third-order valence-electron chi connectivity index (χ3n) is 7.42. The number of amides is 2. The summed E-state index contributed by atoms with van der Waals surface area (Å²) in [6, 6.07) is 5.71. The van der Waals surface area contributed by atoms with Crippen LogP contribution in [0.4, 0.5) is 11.6 Å². The Kier molecular flexibility index (Phi) is 9.63. The van der Waals surface area contributed by atoms with Gasteiger partial charge in [0.15, 0.2) is 6.29 Å². The number of nitrogens with one attached hydrogen (secondary N) is 1. The molecule has 0 aromatic carbocycles. The van der Waals surface area contributed by atoms with Crippen molar-refractivity contribution >= 4 is 30.2 Å². The number of aromatic nitrogens is 2. The number of carbonyl (C=O) groups excluding carboxylic acids is 3. The topological polar surface area (TPSA) is 147 Å². The van der Waals surface area contributed by atoms with Gasteiger partial charge in [0.25, 0.3) is 5.91 Å². The monoisotopic (exact) mass is 550 g/mol. The van der Waals surface area contributed by atoms with Crippen molar-refractivity contribution < 1.29 is 28.6 Å². The lowest BCUT2D eigenvalue weighted by Gasteiger charge is -2.35. The molecule has 5 rings (SSSR count). The molecule has 12 nitrogen and oxygen atoms in total. The van der Waals surface area contributed by atoms with Crippen LogP contribution in [0.3, 0.4) is 0 Å². The van der Waals surface area contributed by atoms with Gasteiger partial charge in [-0.1, -0.05) is 0 Å². The number of ether oxygens (including phenoxy) is 3. The summed E-state index contributed by atoms with van der Waals surface area (Å²) >= 11 is 0. The number of aldehydes is 1. The molecule has 1 saturated carbocycles. The molecule has 212 valence electrons. The molecule has 3 atom stereocenters. The molecule has 2 aromatic heterocycles. The number of hydrogen-bond acceptors (Lipinski definition) is 10. The van der Waals surface area contributed by atoms with E-state index in [-0.39, 0.29) is 23.8 Å². The van der Waals surface area contributed by atoms with Crippen LogP contribution >= 0.6 is 0 Å². The average molecular weight is 551 g/mol. The Bertz CT molecular complexity index is 1280. The van der Waals surface area contributed by atoms with E-state index >= 15 is 0 Å². The van der Waals surface area contributed by atoms with Crippen molar-refractivity contribution in [2.24, 2.45) is 0 Å². The van der Waals surface area contributed by atoms with Gasteiger partial charge in [0.1, 0.15) is 46.9 Å². The Morgan fingerprint density at radius 1 is 1.15 bits per heavy atom. The van der Waals surface area contributed by atoms with Gasteiger partial charge in [-0.2, -0.15) is 5.26 Å².